The van der Waals surface area contributed by atoms with Crippen LogP contribution in [0.3, 0.4) is 0 Å². The molecule has 2 aromatic heterocycles. The number of hydrogen-bond donors (Lipinski definition) is 1. The summed E-state index contributed by atoms with van der Waals surface area (Å²) >= 11 is 1.07. The Labute approximate surface area is 133 Å². The van der Waals surface area contributed by atoms with Gasteiger partial charge in [-0.1, -0.05) is 0 Å². The van der Waals surface area contributed by atoms with Crippen molar-refractivity contribution in [2.24, 2.45) is 0 Å². The number of halogens is 1. The normalized spacial score (nSPS) is 17.0. The van der Waals surface area contributed by atoms with Gasteiger partial charge >= 0.3 is 10.1 Å². The number of fused-ring (bicyclic) bond motifs is 1. The molecule has 6 nitrogen and oxygen atoms in total. The Bertz CT molecular complexity index is 739. The summed E-state index contributed by atoms with van der Waals surface area (Å²) in [5, 5.41) is 0.787. The highest BCUT2D eigenvalue weighted by molar-refractivity contribution is 7.88. The molecule has 3 rings (SSSR count). The molecular formula is C12H16ClN3O3S2. The fourth-order valence-electron chi connectivity index (χ4n) is 2.32. The zero-order chi connectivity index (χ0) is 14.3. The van der Waals surface area contributed by atoms with Crippen molar-refractivity contribution in [1.82, 2.24) is 9.88 Å². The molecular weight excluding hydrogens is 334 g/mol. The first kappa shape index (κ1) is 16.4. The number of piperazine rings is 1. The molecule has 0 radical (unpaired) electrons. The Balaban J connectivity index is 0.00000161. The average Bonchev–Trinajstić information content (AvgIpc) is 2.83. The van der Waals surface area contributed by atoms with E-state index in [-0.39, 0.29) is 16.6 Å². The monoisotopic (exact) mass is 349 g/mol. The molecule has 2 aromatic rings. The van der Waals surface area contributed by atoms with Crippen molar-refractivity contribution in [3.8, 4) is 0 Å². The second-order valence-corrected chi connectivity index (χ2v) is 7.61. The minimum absolute atomic E-state index is 0. The van der Waals surface area contributed by atoms with Gasteiger partial charge in [-0.2, -0.15) is 8.42 Å². The largest absolute Gasteiger partial charge is 0.354 e. The summed E-state index contributed by atoms with van der Waals surface area (Å²) in [4.78, 5) is 8.79. The number of rotatable bonds is 2. The van der Waals surface area contributed by atoms with Crippen molar-refractivity contribution < 1.29 is 13.0 Å². The topological polar surface area (TPSA) is 73.7 Å². The molecule has 0 unspecified atom stereocenters. The summed E-state index contributed by atoms with van der Waals surface area (Å²) in [6.07, 6.45) is 1.68. The molecule has 0 saturated carbocycles. The van der Waals surface area contributed by atoms with Gasteiger partial charge in [-0.15, -0.1) is 23.7 Å². The summed E-state index contributed by atoms with van der Waals surface area (Å²) in [7, 11) is -2.08. The van der Waals surface area contributed by atoms with Gasteiger partial charge in [-0.05, 0) is 19.2 Å². The van der Waals surface area contributed by atoms with Gasteiger partial charge in [-0.3, -0.25) is 4.55 Å². The second-order valence-electron chi connectivity index (χ2n) is 4.88. The fraction of sp³-hybridized carbons (Fsp3) is 0.417. The summed E-state index contributed by atoms with van der Waals surface area (Å²) in [6.45, 7) is 3.63. The van der Waals surface area contributed by atoms with Gasteiger partial charge in [0, 0.05) is 42.5 Å². The quantitative estimate of drug-likeness (QED) is 0.832. The molecule has 1 aliphatic rings. The van der Waals surface area contributed by atoms with Gasteiger partial charge in [0.15, 0.2) is 0 Å². The molecule has 1 N–H and O–H groups in total. The van der Waals surface area contributed by atoms with E-state index in [1.54, 1.807) is 12.3 Å². The van der Waals surface area contributed by atoms with Crippen LogP contribution in [0.15, 0.2) is 22.5 Å². The lowest BCUT2D eigenvalue weighted by atomic mass is 10.2. The molecule has 9 heteroatoms. The third kappa shape index (κ3) is 3.29. The molecule has 0 bridgehead atoms. The summed E-state index contributed by atoms with van der Waals surface area (Å²) < 4.78 is 32.5. The first-order chi connectivity index (χ1) is 9.45. The van der Waals surface area contributed by atoms with Crippen LogP contribution >= 0.6 is 23.7 Å². The Kier molecular flexibility index (Phi) is 4.74. The minimum Gasteiger partial charge on any atom is -0.354 e. The predicted octanol–water partition coefficient (Wildman–Crippen LogP) is 1.72. The standard InChI is InChI=1S/C12H15N3O3S2.ClH/c1-14-4-6-15(7-5-14)12-9-8-11(20(16,17)18)19-10(9)2-3-13-12;/h2-3,8H,4-7H2,1H3,(H,16,17,18);1H. The van der Waals surface area contributed by atoms with Gasteiger partial charge in [-0.25, -0.2) is 4.98 Å². The van der Waals surface area contributed by atoms with Crippen molar-refractivity contribution in [3.63, 3.8) is 0 Å². The van der Waals surface area contributed by atoms with Crippen LogP contribution in [-0.4, -0.2) is 56.1 Å². The summed E-state index contributed by atoms with van der Waals surface area (Å²) in [5.41, 5.74) is 0. The number of thiophene rings is 1. The first-order valence-electron chi connectivity index (χ1n) is 6.25. The SMILES string of the molecule is CN1CCN(c2nccc3sc(S(=O)(=O)O)cc23)CC1.Cl. The molecule has 3 heterocycles. The van der Waals surface area contributed by atoms with Crippen molar-refractivity contribution in [2.45, 2.75) is 4.21 Å². The van der Waals surface area contributed by atoms with E-state index in [0.717, 1.165) is 53.4 Å². The van der Waals surface area contributed by atoms with Gasteiger partial charge in [0.25, 0.3) is 0 Å². The molecule has 0 spiro atoms. The number of hydrogen-bond acceptors (Lipinski definition) is 6. The van der Waals surface area contributed by atoms with Gasteiger partial charge in [0.2, 0.25) is 0 Å². The number of anilines is 1. The van der Waals surface area contributed by atoms with Gasteiger partial charge in [0.05, 0.1) is 0 Å². The first-order valence-corrected chi connectivity index (χ1v) is 8.50. The Hall–Kier alpha value is -0.930. The molecule has 0 amide bonds. The molecule has 1 aliphatic heterocycles. The second kappa shape index (κ2) is 6.05. The van der Waals surface area contributed by atoms with Crippen molar-refractivity contribution in [3.05, 3.63) is 18.3 Å². The third-order valence-corrected chi connectivity index (χ3v) is 5.86. The van der Waals surface area contributed by atoms with E-state index in [0.29, 0.717) is 0 Å². The molecule has 0 aromatic carbocycles. The highest BCUT2D eigenvalue weighted by Crippen LogP contribution is 2.34. The van der Waals surface area contributed by atoms with E-state index in [1.165, 1.54) is 6.07 Å². The Morgan fingerprint density at radius 2 is 1.95 bits per heavy atom. The number of pyridine rings is 1. The molecule has 0 aliphatic carbocycles. The predicted molar refractivity (Wildman–Crippen MR) is 86.4 cm³/mol. The lowest BCUT2D eigenvalue weighted by molar-refractivity contribution is 0.312. The highest BCUT2D eigenvalue weighted by atomic mass is 35.5. The zero-order valence-electron chi connectivity index (χ0n) is 11.4. The lowest BCUT2D eigenvalue weighted by Gasteiger charge is -2.33. The van der Waals surface area contributed by atoms with Crippen LogP contribution in [-0.2, 0) is 10.1 Å². The molecule has 1 fully saturated rings. The summed E-state index contributed by atoms with van der Waals surface area (Å²) in [5.74, 6) is 0.793. The van der Waals surface area contributed by atoms with Crippen LogP contribution in [0.4, 0.5) is 5.82 Å². The Morgan fingerprint density at radius 3 is 2.57 bits per heavy atom. The van der Waals surface area contributed by atoms with E-state index >= 15 is 0 Å². The van der Waals surface area contributed by atoms with E-state index < -0.39 is 10.1 Å². The van der Waals surface area contributed by atoms with Crippen LogP contribution in [0.2, 0.25) is 0 Å². The maximum Gasteiger partial charge on any atom is 0.304 e. The maximum absolute atomic E-state index is 11.3. The van der Waals surface area contributed by atoms with Gasteiger partial charge in [0.1, 0.15) is 10.0 Å². The molecule has 0 atom stereocenters. The van der Waals surface area contributed by atoms with Crippen molar-refractivity contribution >= 4 is 49.8 Å². The maximum atomic E-state index is 11.3. The Morgan fingerprint density at radius 1 is 1.29 bits per heavy atom. The molecule has 21 heavy (non-hydrogen) atoms. The minimum atomic E-state index is -4.16. The van der Waals surface area contributed by atoms with Crippen molar-refractivity contribution in [2.75, 3.05) is 38.1 Å². The zero-order valence-corrected chi connectivity index (χ0v) is 13.8. The lowest BCUT2D eigenvalue weighted by Crippen LogP contribution is -2.44. The fourth-order valence-corrected chi connectivity index (χ4v) is 4.06. The number of likely N-dealkylation sites (N-methyl/N-ethyl adjacent to an activating group) is 1. The van der Waals surface area contributed by atoms with E-state index in [9.17, 15) is 8.42 Å². The van der Waals surface area contributed by atoms with E-state index in [2.05, 4.69) is 21.8 Å². The average molecular weight is 350 g/mol. The van der Waals surface area contributed by atoms with Gasteiger partial charge < -0.3 is 9.80 Å². The smallest absolute Gasteiger partial charge is 0.304 e. The van der Waals surface area contributed by atoms with Crippen LogP contribution in [0, 0.1) is 0 Å². The number of aromatic nitrogens is 1. The summed E-state index contributed by atoms with van der Waals surface area (Å²) in [6, 6.07) is 3.28. The third-order valence-electron chi connectivity index (χ3n) is 3.46. The van der Waals surface area contributed by atoms with Crippen molar-refractivity contribution in [1.29, 1.82) is 0 Å². The molecule has 1 saturated heterocycles. The van der Waals surface area contributed by atoms with E-state index in [1.807, 2.05) is 0 Å². The van der Waals surface area contributed by atoms with Crippen LogP contribution < -0.4 is 4.90 Å². The van der Waals surface area contributed by atoms with Crippen LogP contribution in [0.1, 0.15) is 0 Å². The molecule has 116 valence electrons. The van der Waals surface area contributed by atoms with Crippen LogP contribution in [0.25, 0.3) is 10.1 Å². The number of nitrogens with zero attached hydrogens (tertiary/aromatic N) is 3. The highest BCUT2D eigenvalue weighted by Gasteiger charge is 2.21. The van der Waals surface area contributed by atoms with Crippen LogP contribution in [0.5, 0.6) is 0 Å². The van der Waals surface area contributed by atoms with E-state index in [4.69, 9.17) is 4.55 Å².